The van der Waals surface area contributed by atoms with E-state index in [1.165, 1.54) is 6.20 Å². The van der Waals surface area contributed by atoms with Gasteiger partial charge in [-0.15, -0.1) is 13.2 Å². The summed E-state index contributed by atoms with van der Waals surface area (Å²) in [6.45, 7) is 1.71. The lowest BCUT2D eigenvalue weighted by molar-refractivity contribution is -0.275. The maximum Gasteiger partial charge on any atom is 0.573 e. The van der Waals surface area contributed by atoms with Crippen molar-refractivity contribution in [2.45, 2.75) is 18.6 Å². The largest absolute Gasteiger partial charge is 0.573 e. The second-order valence-electron chi connectivity index (χ2n) is 3.16. The fourth-order valence-electron chi connectivity index (χ4n) is 1.17. The van der Waals surface area contributed by atoms with Crippen LogP contribution in [-0.4, -0.2) is 23.9 Å². The van der Waals surface area contributed by atoms with Crippen LogP contribution in [0.15, 0.2) is 6.20 Å². The molecule has 0 N–H and O–H groups in total. The van der Waals surface area contributed by atoms with Crippen LogP contribution in [0, 0.1) is 3.57 Å². The van der Waals surface area contributed by atoms with E-state index in [0.29, 0.717) is 0 Å². The van der Waals surface area contributed by atoms with E-state index in [2.05, 4.69) is 25.7 Å². The molecule has 0 atom stereocenters. The van der Waals surface area contributed by atoms with Crippen LogP contribution in [0.1, 0.15) is 23.0 Å². The van der Waals surface area contributed by atoms with Crippen molar-refractivity contribution in [2.24, 2.45) is 0 Å². The molecule has 1 heterocycles. The number of rotatable bonds is 4. The number of ether oxygens (including phenoxy) is 2. The molecule has 0 aliphatic heterocycles. The van der Waals surface area contributed by atoms with Crippen LogP contribution in [0.4, 0.5) is 13.2 Å². The van der Waals surface area contributed by atoms with E-state index in [1.54, 1.807) is 29.5 Å². The summed E-state index contributed by atoms with van der Waals surface area (Å²) < 4.78 is 45.7. The van der Waals surface area contributed by atoms with Crippen molar-refractivity contribution in [1.29, 1.82) is 0 Å². The van der Waals surface area contributed by atoms with Crippen LogP contribution in [0.3, 0.4) is 0 Å². The second kappa shape index (κ2) is 6.73. The number of hydrogen-bond donors (Lipinski definition) is 0. The van der Waals surface area contributed by atoms with Gasteiger partial charge in [-0.25, -0.2) is 4.79 Å². The lowest BCUT2D eigenvalue weighted by Crippen LogP contribution is -2.20. The van der Waals surface area contributed by atoms with Gasteiger partial charge < -0.3 is 9.47 Å². The van der Waals surface area contributed by atoms with Gasteiger partial charge in [-0.05, 0) is 29.5 Å². The minimum atomic E-state index is -4.86. The van der Waals surface area contributed by atoms with E-state index >= 15 is 0 Å². The Labute approximate surface area is 128 Å². The van der Waals surface area contributed by atoms with Crippen LogP contribution < -0.4 is 4.74 Å². The summed E-state index contributed by atoms with van der Waals surface area (Å²) in [5.74, 6) is -1.23. The zero-order valence-electron chi connectivity index (χ0n) is 9.55. The standard InChI is InChI=1S/C10H8BrF3INO3/c1-2-18-9(17)5-4-16-6(3-11)8(7(5)15)19-10(12,13)14/h4H,2-3H2,1H3. The van der Waals surface area contributed by atoms with Gasteiger partial charge in [0, 0.05) is 11.5 Å². The van der Waals surface area contributed by atoms with Crippen LogP contribution >= 0.6 is 38.5 Å². The summed E-state index contributed by atoms with van der Waals surface area (Å²) in [4.78, 5) is 15.3. The van der Waals surface area contributed by atoms with E-state index in [-0.39, 0.29) is 26.8 Å². The second-order valence-corrected chi connectivity index (χ2v) is 4.80. The van der Waals surface area contributed by atoms with Crippen molar-refractivity contribution in [1.82, 2.24) is 4.98 Å². The Bertz CT molecular complexity index is 482. The summed E-state index contributed by atoms with van der Waals surface area (Å²) in [7, 11) is 0. The molecule has 0 fully saturated rings. The SMILES string of the molecule is CCOC(=O)c1cnc(CBr)c(OC(F)(F)F)c1I. The number of halogens is 5. The van der Waals surface area contributed by atoms with Gasteiger partial charge in [0.2, 0.25) is 0 Å². The molecule has 0 saturated heterocycles. The van der Waals surface area contributed by atoms with Gasteiger partial charge in [-0.1, -0.05) is 15.9 Å². The van der Waals surface area contributed by atoms with Crippen LogP contribution in [0.25, 0.3) is 0 Å². The summed E-state index contributed by atoms with van der Waals surface area (Å²) >= 11 is 4.61. The maximum atomic E-state index is 12.3. The molecule has 4 nitrogen and oxygen atoms in total. The number of carbonyl (C=O) groups excluding carboxylic acids is 1. The van der Waals surface area contributed by atoms with Crippen molar-refractivity contribution in [2.75, 3.05) is 6.61 Å². The molecule has 9 heteroatoms. The highest BCUT2D eigenvalue weighted by molar-refractivity contribution is 14.1. The Kier molecular flexibility index (Phi) is 5.83. The number of alkyl halides is 4. The number of carbonyl (C=O) groups is 1. The van der Waals surface area contributed by atoms with E-state index in [0.717, 1.165) is 0 Å². The van der Waals surface area contributed by atoms with Crippen molar-refractivity contribution < 1.29 is 27.4 Å². The molecule has 0 unspecified atom stereocenters. The van der Waals surface area contributed by atoms with E-state index < -0.39 is 18.1 Å². The Balaban J connectivity index is 3.25. The lowest BCUT2D eigenvalue weighted by atomic mass is 10.2. The molecule has 0 radical (unpaired) electrons. The molecular formula is C10H8BrF3INO3. The van der Waals surface area contributed by atoms with Crippen LogP contribution in [0.5, 0.6) is 5.75 Å². The highest BCUT2D eigenvalue weighted by atomic mass is 127. The van der Waals surface area contributed by atoms with Gasteiger partial charge in [-0.3, -0.25) is 4.98 Å². The van der Waals surface area contributed by atoms with Gasteiger partial charge in [0.1, 0.15) is 0 Å². The molecule has 0 amide bonds. The predicted octanol–water partition coefficient (Wildman–Crippen LogP) is 3.66. The monoisotopic (exact) mass is 453 g/mol. The fraction of sp³-hybridized carbons (Fsp3) is 0.400. The quantitative estimate of drug-likeness (QED) is 0.396. The van der Waals surface area contributed by atoms with E-state index in [1.807, 2.05) is 0 Å². The molecule has 1 rings (SSSR count). The van der Waals surface area contributed by atoms with Crippen LogP contribution in [-0.2, 0) is 10.1 Å². The zero-order chi connectivity index (χ0) is 14.6. The van der Waals surface area contributed by atoms with Gasteiger partial charge in [0.05, 0.1) is 21.4 Å². The van der Waals surface area contributed by atoms with Gasteiger partial charge in [-0.2, -0.15) is 0 Å². The Morgan fingerprint density at radius 3 is 2.63 bits per heavy atom. The summed E-state index contributed by atoms with van der Waals surface area (Å²) in [6, 6.07) is 0. The summed E-state index contributed by atoms with van der Waals surface area (Å²) in [6.07, 6.45) is -3.69. The minimum absolute atomic E-state index is 0.0119. The molecule has 19 heavy (non-hydrogen) atoms. The normalized spacial score (nSPS) is 11.3. The van der Waals surface area contributed by atoms with Gasteiger partial charge in [0.25, 0.3) is 0 Å². The first kappa shape index (κ1) is 16.5. The number of nitrogens with zero attached hydrogens (tertiary/aromatic N) is 1. The van der Waals surface area contributed by atoms with Crippen molar-refractivity contribution in [3.63, 3.8) is 0 Å². The Morgan fingerprint density at radius 2 is 2.16 bits per heavy atom. The molecule has 0 aliphatic rings. The maximum absolute atomic E-state index is 12.3. The molecule has 1 aromatic heterocycles. The third-order valence-electron chi connectivity index (χ3n) is 1.89. The summed E-state index contributed by atoms with van der Waals surface area (Å²) in [5.41, 5.74) is -0.0128. The predicted molar refractivity (Wildman–Crippen MR) is 72.2 cm³/mol. The molecule has 0 aromatic carbocycles. The Hall–Kier alpha value is -0.580. The van der Waals surface area contributed by atoms with Crippen molar-refractivity contribution in [3.05, 3.63) is 21.0 Å². The highest BCUT2D eigenvalue weighted by Crippen LogP contribution is 2.33. The number of pyridine rings is 1. The van der Waals surface area contributed by atoms with E-state index in [4.69, 9.17) is 4.74 Å². The first-order valence-corrected chi connectivity index (χ1v) is 7.16. The first-order chi connectivity index (χ1) is 8.80. The first-order valence-electron chi connectivity index (χ1n) is 4.96. The lowest BCUT2D eigenvalue weighted by Gasteiger charge is -2.15. The number of aromatic nitrogens is 1. The molecule has 0 spiro atoms. The molecule has 106 valence electrons. The third kappa shape index (κ3) is 4.48. The molecule has 0 bridgehead atoms. The average molecular weight is 454 g/mol. The molecule has 0 aliphatic carbocycles. The van der Waals surface area contributed by atoms with Crippen molar-refractivity contribution in [3.8, 4) is 5.75 Å². The van der Waals surface area contributed by atoms with E-state index in [9.17, 15) is 18.0 Å². The van der Waals surface area contributed by atoms with Crippen LogP contribution in [0.2, 0.25) is 0 Å². The topological polar surface area (TPSA) is 48.4 Å². The number of esters is 1. The van der Waals surface area contributed by atoms with Gasteiger partial charge in [0.15, 0.2) is 5.75 Å². The highest BCUT2D eigenvalue weighted by Gasteiger charge is 2.34. The minimum Gasteiger partial charge on any atom is -0.462 e. The molecule has 0 saturated carbocycles. The third-order valence-corrected chi connectivity index (χ3v) is 3.49. The van der Waals surface area contributed by atoms with Crippen molar-refractivity contribution >= 4 is 44.5 Å². The fourth-order valence-corrected chi connectivity index (χ4v) is 2.35. The Morgan fingerprint density at radius 1 is 1.53 bits per heavy atom. The van der Waals surface area contributed by atoms with Gasteiger partial charge >= 0.3 is 12.3 Å². The molecule has 1 aromatic rings. The average Bonchev–Trinajstić information content (AvgIpc) is 2.30. The summed E-state index contributed by atoms with van der Waals surface area (Å²) in [5, 5.41) is 0.0670. The molecular weight excluding hydrogens is 446 g/mol. The zero-order valence-corrected chi connectivity index (χ0v) is 13.3. The number of hydrogen-bond acceptors (Lipinski definition) is 4. The smallest absolute Gasteiger partial charge is 0.462 e.